The van der Waals surface area contributed by atoms with Crippen molar-refractivity contribution in [3.05, 3.63) is 60.0 Å². The molecule has 5 rings (SSSR count). The van der Waals surface area contributed by atoms with Crippen LogP contribution < -0.4 is 14.8 Å². The summed E-state index contributed by atoms with van der Waals surface area (Å²) in [5.41, 5.74) is 3.64. The number of fused-ring (bicyclic) bond motifs is 2. The third-order valence-corrected chi connectivity index (χ3v) is 4.50. The molecular weight excluding hydrogens is 360 g/mol. The number of ether oxygens (including phenoxy) is 2. The minimum absolute atomic E-state index is 0.194. The van der Waals surface area contributed by atoms with Crippen molar-refractivity contribution >= 4 is 16.9 Å². The van der Waals surface area contributed by atoms with Gasteiger partial charge in [-0.2, -0.15) is 0 Å². The van der Waals surface area contributed by atoms with Gasteiger partial charge in [-0.15, -0.1) is 0 Å². The van der Waals surface area contributed by atoms with Crippen LogP contribution in [0.1, 0.15) is 16.1 Å². The third kappa shape index (κ3) is 3.05. The standard InChI is InChI=1S/C20H16N4O4/c25-20(13-1-3-15-16(7-13)23-11-22-15)21-10-14-9-18(28-24-14)12-2-4-17-19(8-12)27-6-5-26-17/h1-4,7-9,11H,5-6,10H2,(H,21,25)(H,22,23). The molecule has 3 heterocycles. The van der Waals surface area contributed by atoms with Gasteiger partial charge in [0.25, 0.3) is 5.91 Å². The van der Waals surface area contributed by atoms with Gasteiger partial charge in [-0.05, 0) is 36.4 Å². The number of carbonyl (C=O) groups excluding carboxylic acids is 1. The maximum atomic E-state index is 12.4. The molecule has 0 atom stereocenters. The van der Waals surface area contributed by atoms with Crippen molar-refractivity contribution in [2.45, 2.75) is 6.54 Å². The van der Waals surface area contributed by atoms with Gasteiger partial charge in [-0.25, -0.2) is 4.98 Å². The molecule has 1 aliphatic heterocycles. The molecule has 0 radical (unpaired) electrons. The van der Waals surface area contributed by atoms with Crippen molar-refractivity contribution in [3.63, 3.8) is 0 Å². The Hall–Kier alpha value is -3.81. The van der Waals surface area contributed by atoms with Crippen LogP contribution in [0.5, 0.6) is 11.5 Å². The number of imidazole rings is 1. The molecule has 0 fully saturated rings. The fourth-order valence-electron chi connectivity index (χ4n) is 3.08. The summed E-state index contributed by atoms with van der Waals surface area (Å²) in [6.07, 6.45) is 1.60. The summed E-state index contributed by atoms with van der Waals surface area (Å²) in [4.78, 5) is 19.5. The third-order valence-electron chi connectivity index (χ3n) is 4.50. The summed E-state index contributed by atoms with van der Waals surface area (Å²) < 4.78 is 16.5. The summed E-state index contributed by atoms with van der Waals surface area (Å²) in [5, 5.41) is 6.88. The van der Waals surface area contributed by atoms with E-state index in [1.165, 1.54) is 0 Å². The smallest absolute Gasteiger partial charge is 0.251 e. The van der Waals surface area contributed by atoms with Crippen LogP contribution in [0.2, 0.25) is 0 Å². The Labute approximate surface area is 159 Å². The molecule has 2 aromatic heterocycles. The molecule has 8 heteroatoms. The number of hydrogen-bond donors (Lipinski definition) is 2. The van der Waals surface area contributed by atoms with E-state index in [2.05, 4.69) is 20.4 Å². The van der Waals surface area contributed by atoms with E-state index in [9.17, 15) is 4.79 Å². The lowest BCUT2D eigenvalue weighted by molar-refractivity contribution is 0.0950. The lowest BCUT2D eigenvalue weighted by atomic mass is 10.1. The van der Waals surface area contributed by atoms with Crippen LogP contribution in [0.4, 0.5) is 0 Å². The van der Waals surface area contributed by atoms with E-state index in [1.54, 1.807) is 30.6 Å². The lowest BCUT2D eigenvalue weighted by Crippen LogP contribution is -2.22. The first-order valence-corrected chi connectivity index (χ1v) is 8.83. The zero-order chi connectivity index (χ0) is 18.9. The maximum absolute atomic E-state index is 12.4. The number of aromatic amines is 1. The van der Waals surface area contributed by atoms with Gasteiger partial charge in [0.05, 0.1) is 23.9 Å². The van der Waals surface area contributed by atoms with E-state index in [0.29, 0.717) is 36.0 Å². The molecule has 1 amide bonds. The second kappa shape index (κ2) is 6.73. The first kappa shape index (κ1) is 16.4. The van der Waals surface area contributed by atoms with Crippen LogP contribution in [0.3, 0.4) is 0 Å². The quantitative estimate of drug-likeness (QED) is 0.568. The zero-order valence-electron chi connectivity index (χ0n) is 14.8. The van der Waals surface area contributed by atoms with Crippen LogP contribution in [0.15, 0.2) is 53.3 Å². The Morgan fingerprint density at radius 1 is 1.07 bits per heavy atom. The Balaban J connectivity index is 1.28. The monoisotopic (exact) mass is 376 g/mol. The molecule has 0 aliphatic carbocycles. The molecule has 1 aliphatic rings. The fraction of sp³-hybridized carbons (Fsp3) is 0.150. The molecule has 0 unspecified atom stereocenters. The second-order valence-electron chi connectivity index (χ2n) is 6.36. The molecule has 0 spiro atoms. The molecule has 2 aromatic carbocycles. The topological polar surface area (TPSA) is 102 Å². The van der Waals surface area contributed by atoms with E-state index in [4.69, 9.17) is 14.0 Å². The van der Waals surface area contributed by atoms with Gasteiger partial charge < -0.3 is 24.3 Å². The average molecular weight is 376 g/mol. The Morgan fingerprint density at radius 2 is 1.96 bits per heavy atom. The van der Waals surface area contributed by atoms with Crippen molar-refractivity contribution < 1.29 is 18.8 Å². The Kier molecular flexibility index (Phi) is 3.93. The first-order chi connectivity index (χ1) is 13.8. The number of nitrogens with zero attached hydrogens (tertiary/aromatic N) is 2. The number of rotatable bonds is 4. The predicted molar refractivity (Wildman–Crippen MR) is 100 cm³/mol. The number of carbonyl (C=O) groups is 1. The number of amides is 1. The molecule has 4 aromatic rings. The number of aromatic nitrogens is 3. The van der Waals surface area contributed by atoms with Gasteiger partial charge in [0, 0.05) is 17.2 Å². The SMILES string of the molecule is O=C(NCc1cc(-c2ccc3c(c2)OCCO3)on1)c1ccc2nc[nH]c2c1. The van der Waals surface area contributed by atoms with Gasteiger partial charge in [-0.1, -0.05) is 5.16 Å². The largest absolute Gasteiger partial charge is 0.486 e. The van der Waals surface area contributed by atoms with Gasteiger partial charge >= 0.3 is 0 Å². The Bertz CT molecular complexity index is 1160. The summed E-state index contributed by atoms with van der Waals surface area (Å²) >= 11 is 0. The number of H-pyrrole nitrogens is 1. The highest BCUT2D eigenvalue weighted by Crippen LogP contribution is 2.34. The lowest BCUT2D eigenvalue weighted by Gasteiger charge is -2.18. The number of benzene rings is 2. The molecule has 140 valence electrons. The van der Waals surface area contributed by atoms with E-state index in [-0.39, 0.29) is 12.5 Å². The summed E-state index contributed by atoms with van der Waals surface area (Å²) in [6, 6.07) is 12.7. The predicted octanol–water partition coefficient (Wildman–Crippen LogP) is 2.92. The van der Waals surface area contributed by atoms with Gasteiger partial charge in [-0.3, -0.25) is 4.79 Å². The highest BCUT2D eigenvalue weighted by Gasteiger charge is 2.15. The second-order valence-corrected chi connectivity index (χ2v) is 6.36. The molecule has 0 saturated heterocycles. The maximum Gasteiger partial charge on any atom is 0.251 e. The van der Waals surface area contributed by atoms with Crippen molar-refractivity contribution in [2.24, 2.45) is 0 Å². The van der Waals surface area contributed by atoms with Crippen molar-refractivity contribution in [1.82, 2.24) is 20.4 Å². The summed E-state index contributed by atoms with van der Waals surface area (Å²) in [5.74, 6) is 1.81. The fourth-order valence-corrected chi connectivity index (χ4v) is 3.08. The summed E-state index contributed by atoms with van der Waals surface area (Å²) in [6.45, 7) is 1.33. The van der Waals surface area contributed by atoms with E-state index in [1.807, 2.05) is 18.2 Å². The highest BCUT2D eigenvalue weighted by molar-refractivity contribution is 5.97. The van der Waals surface area contributed by atoms with Gasteiger partial charge in [0.2, 0.25) is 0 Å². The molecule has 8 nitrogen and oxygen atoms in total. The molecule has 0 saturated carbocycles. The van der Waals surface area contributed by atoms with E-state index < -0.39 is 0 Å². The number of nitrogens with one attached hydrogen (secondary N) is 2. The molecule has 28 heavy (non-hydrogen) atoms. The molecule has 0 bridgehead atoms. The van der Waals surface area contributed by atoms with Crippen LogP contribution in [-0.4, -0.2) is 34.2 Å². The minimum atomic E-state index is -0.194. The number of hydrogen-bond acceptors (Lipinski definition) is 6. The summed E-state index contributed by atoms with van der Waals surface area (Å²) in [7, 11) is 0. The highest BCUT2D eigenvalue weighted by atomic mass is 16.6. The van der Waals surface area contributed by atoms with Crippen LogP contribution in [-0.2, 0) is 6.54 Å². The normalized spacial score (nSPS) is 12.9. The van der Waals surface area contributed by atoms with Gasteiger partial charge in [0.1, 0.15) is 18.9 Å². The van der Waals surface area contributed by atoms with Crippen LogP contribution in [0.25, 0.3) is 22.4 Å². The van der Waals surface area contributed by atoms with E-state index in [0.717, 1.165) is 22.3 Å². The average Bonchev–Trinajstić information content (AvgIpc) is 3.40. The van der Waals surface area contributed by atoms with Crippen molar-refractivity contribution in [2.75, 3.05) is 13.2 Å². The molecular formula is C20H16N4O4. The first-order valence-electron chi connectivity index (χ1n) is 8.83. The minimum Gasteiger partial charge on any atom is -0.486 e. The zero-order valence-corrected chi connectivity index (χ0v) is 14.8. The van der Waals surface area contributed by atoms with E-state index >= 15 is 0 Å². The van der Waals surface area contributed by atoms with Crippen LogP contribution in [0, 0.1) is 0 Å². The van der Waals surface area contributed by atoms with Crippen molar-refractivity contribution in [1.29, 1.82) is 0 Å². The van der Waals surface area contributed by atoms with Gasteiger partial charge in [0.15, 0.2) is 17.3 Å². The molecule has 2 N–H and O–H groups in total. The Morgan fingerprint density at radius 3 is 2.89 bits per heavy atom. The van der Waals surface area contributed by atoms with Crippen molar-refractivity contribution in [3.8, 4) is 22.8 Å². The van der Waals surface area contributed by atoms with Crippen LogP contribution >= 0.6 is 0 Å².